The van der Waals surface area contributed by atoms with Crippen LogP contribution in [0.3, 0.4) is 0 Å². The lowest BCUT2D eigenvalue weighted by Crippen LogP contribution is -2.36. The van der Waals surface area contributed by atoms with Crippen molar-refractivity contribution in [2.75, 3.05) is 5.32 Å². The van der Waals surface area contributed by atoms with E-state index in [0.717, 1.165) is 10.9 Å². The fourth-order valence-electron chi connectivity index (χ4n) is 2.95. The monoisotopic (exact) mass is 292 g/mol. The predicted molar refractivity (Wildman–Crippen MR) is 84.4 cm³/mol. The average Bonchev–Trinajstić information content (AvgIpc) is 2.79. The van der Waals surface area contributed by atoms with E-state index >= 15 is 0 Å². The number of anilines is 1. The number of hydrogen-bond acceptors (Lipinski definition) is 3. The second-order valence-electron chi connectivity index (χ2n) is 5.53. The molecule has 2 aromatic carbocycles. The van der Waals surface area contributed by atoms with Crippen molar-refractivity contribution in [3.63, 3.8) is 0 Å². The van der Waals surface area contributed by atoms with Crippen LogP contribution in [0.5, 0.6) is 0 Å². The molecular weight excluding hydrogens is 278 g/mol. The Morgan fingerprint density at radius 2 is 1.77 bits per heavy atom. The van der Waals surface area contributed by atoms with Gasteiger partial charge in [0.15, 0.2) is 5.60 Å². The van der Waals surface area contributed by atoms with Crippen molar-refractivity contribution in [2.24, 2.45) is 0 Å². The second-order valence-corrected chi connectivity index (χ2v) is 5.53. The van der Waals surface area contributed by atoms with E-state index in [2.05, 4.69) is 10.3 Å². The highest BCUT2D eigenvalue weighted by atomic mass is 18.2. The van der Waals surface area contributed by atoms with Gasteiger partial charge in [0.05, 0.1) is 5.52 Å². The number of pyridine rings is 1. The predicted octanol–water partition coefficient (Wildman–Crippen LogP) is 2.62. The van der Waals surface area contributed by atoms with E-state index in [1.807, 2.05) is 48.5 Å². The summed E-state index contributed by atoms with van der Waals surface area (Å²) in [5.41, 5.74) is 1.25. The van der Waals surface area contributed by atoms with Crippen LogP contribution in [0.4, 0.5) is 5.69 Å². The van der Waals surface area contributed by atoms with Crippen molar-refractivity contribution in [1.82, 2.24) is 4.98 Å². The van der Waals surface area contributed by atoms with Crippen molar-refractivity contribution in [3.05, 3.63) is 71.9 Å². The Bertz CT molecular complexity index is 891. The number of nitrogens with zero attached hydrogens (tertiary/aromatic N) is 1. The number of rotatable bonds is 2. The molecule has 0 aliphatic carbocycles. The fraction of sp³-hybridized carbons (Fsp3) is 0.111. The number of aromatic nitrogens is 1. The molecule has 1 unspecified atom stereocenters. The summed E-state index contributed by atoms with van der Waals surface area (Å²) >= 11 is 0. The molecule has 0 radical (unpaired) electrons. The summed E-state index contributed by atoms with van der Waals surface area (Å²) in [4.78, 5) is 16.8. The van der Waals surface area contributed by atoms with E-state index in [1.54, 1.807) is 12.1 Å². The Morgan fingerprint density at radius 1 is 1.00 bits per heavy atom. The summed E-state index contributed by atoms with van der Waals surface area (Å²) in [7, 11) is 0. The first-order chi connectivity index (χ1) is 10.7. The molecule has 1 atom stereocenters. The summed E-state index contributed by atoms with van der Waals surface area (Å²) in [5.74, 6) is -0.399. The molecule has 4 heteroatoms. The molecule has 2 N–H and O–H groups in total. The van der Waals surface area contributed by atoms with Crippen molar-refractivity contribution >= 4 is 22.5 Å². The molecule has 3 aromatic rings. The average molecular weight is 292 g/mol. The Balaban J connectivity index is 1.76. The number of para-hydroxylation sites is 2. The maximum absolute atomic E-state index is 12.2. The zero-order chi connectivity index (χ0) is 15.2. The van der Waals surface area contributed by atoms with E-state index in [-0.39, 0.29) is 6.42 Å². The second kappa shape index (κ2) is 4.64. The van der Waals surface area contributed by atoms with E-state index < -0.39 is 11.5 Å². The van der Waals surface area contributed by atoms with Crippen LogP contribution >= 0.6 is 0 Å². The minimum absolute atomic E-state index is 0.153. The molecule has 0 spiro atoms. The molecule has 0 saturated heterocycles. The third-order valence-corrected chi connectivity index (χ3v) is 4.09. The van der Waals surface area contributed by atoms with Crippen LogP contribution in [0.25, 0.3) is 10.9 Å². The smallest absolute Gasteiger partial charge is 0.261 e. The van der Waals surface area contributed by atoms with Crippen LogP contribution in [0.2, 0.25) is 0 Å². The molecule has 0 bridgehead atoms. The third kappa shape index (κ3) is 1.89. The van der Waals surface area contributed by atoms with Crippen LogP contribution < -0.4 is 5.32 Å². The van der Waals surface area contributed by atoms with E-state index in [9.17, 15) is 9.90 Å². The number of benzene rings is 2. The van der Waals surface area contributed by atoms with Crippen LogP contribution in [0, 0.1) is 0 Å². The number of carbonyl (C=O) groups is 1. The molecule has 1 aliphatic heterocycles. The van der Waals surface area contributed by atoms with Gasteiger partial charge in [-0.25, -0.2) is 0 Å². The zero-order valence-corrected chi connectivity index (χ0v) is 11.8. The van der Waals surface area contributed by atoms with E-state index in [0.29, 0.717) is 16.9 Å². The highest BCUT2D eigenvalue weighted by Gasteiger charge is 2.45. The van der Waals surface area contributed by atoms with E-state index in [1.165, 1.54) is 0 Å². The minimum atomic E-state index is -1.56. The van der Waals surface area contributed by atoms with Crippen LogP contribution in [-0.4, -0.2) is 16.0 Å². The van der Waals surface area contributed by atoms with Crippen molar-refractivity contribution in [1.29, 1.82) is 0 Å². The standard InChI is InChI=1S/C18H14N2O2/c21-17-18(22,14-6-2-4-8-16(14)20-17)11-13-10-9-12-5-1-3-7-15(12)19-13/h1-10,22H,11H2,(H,20,21)/i22+2. The van der Waals surface area contributed by atoms with Gasteiger partial charge < -0.3 is 10.4 Å². The van der Waals surface area contributed by atoms with Gasteiger partial charge in [-0.05, 0) is 18.2 Å². The topological polar surface area (TPSA) is 62.2 Å². The number of amides is 1. The molecule has 0 fully saturated rings. The highest BCUT2D eigenvalue weighted by Crippen LogP contribution is 2.37. The number of carbonyl (C=O) groups excluding carboxylic acids is 1. The number of aliphatic hydroxyl groups is 1. The Kier molecular flexibility index (Phi) is 2.74. The highest BCUT2D eigenvalue weighted by molar-refractivity contribution is 6.05. The normalized spacial score (nSPS) is 20.0. The summed E-state index contributed by atoms with van der Waals surface area (Å²) in [6, 6.07) is 18.8. The lowest BCUT2D eigenvalue weighted by molar-refractivity contribution is -0.133. The molecule has 2 heterocycles. The first-order valence-corrected chi connectivity index (χ1v) is 7.15. The lowest BCUT2D eigenvalue weighted by Gasteiger charge is -2.20. The van der Waals surface area contributed by atoms with Crippen LogP contribution in [0.15, 0.2) is 60.7 Å². The Morgan fingerprint density at radius 3 is 2.68 bits per heavy atom. The molecule has 1 amide bonds. The van der Waals surface area contributed by atoms with Gasteiger partial charge >= 0.3 is 0 Å². The van der Waals surface area contributed by atoms with Gasteiger partial charge in [-0.1, -0.05) is 42.5 Å². The van der Waals surface area contributed by atoms with Crippen LogP contribution in [-0.2, 0) is 16.8 Å². The Labute approximate surface area is 127 Å². The van der Waals surface area contributed by atoms with Gasteiger partial charge in [-0.15, -0.1) is 0 Å². The summed E-state index contributed by atoms with van der Waals surface area (Å²) < 4.78 is 0. The van der Waals surface area contributed by atoms with Gasteiger partial charge in [0, 0.05) is 28.8 Å². The maximum atomic E-state index is 12.2. The minimum Gasteiger partial charge on any atom is -0.375 e. The first-order valence-electron chi connectivity index (χ1n) is 7.15. The van der Waals surface area contributed by atoms with Gasteiger partial charge in [-0.3, -0.25) is 9.78 Å². The van der Waals surface area contributed by atoms with Gasteiger partial charge in [-0.2, -0.15) is 0 Å². The summed E-state index contributed by atoms with van der Waals surface area (Å²) in [6.45, 7) is 0. The third-order valence-electron chi connectivity index (χ3n) is 4.09. The quantitative estimate of drug-likeness (QED) is 0.714. The van der Waals surface area contributed by atoms with Crippen molar-refractivity contribution < 1.29 is 9.90 Å². The molecule has 0 saturated carbocycles. The maximum Gasteiger partial charge on any atom is 0.261 e. The lowest BCUT2D eigenvalue weighted by atomic mass is 9.91. The first kappa shape index (κ1) is 13.0. The summed E-state index contributed by atoms with van der Waals surface area (Å²) in [6.07, 6.45) is 0.153. The molecule has 1 aromatic heterocycles. The Hall–Kier alpha value is -2.72. The number of nitrogens with one attached hydrogen (secondary N) is 1. The number of fused-ring (bicyclic) bond motifs is 2. The van der Waals surface area contributed by atoms with E-state index in [4.69, 9.17) is 0 Å². The van der Waals surface area contributed by atoms with Gasteiger partial charge in [0.1, 0.15) is 0 Å². The van der Waals surface area contributed by atoms with Crippen LogP contribution in [0.1, 0.15) is 11.3 Å². The van der Waals surface area contributed by atoms with Crippen molar-refractivity contribution in [2.45, 2.75) is 12.0 Å². The molecule has 108 valence electrons. The SMILES string of the molecule is O=C1Nc2ccccc2C1([18OH])Cc1ccc2ccccc2n1. The number of hydrogen-bond donors (Lipinski definition) is 2. The molecule has 4 nitrogen and oxygen atoms in total. The molecule has 4 rings (SSSR count). The van der Waals surface area contributed by atoms with Crippen molar-refractivity contribution in [3.8, 4) is 0 Å². The fourth-order valence-corrected chi connectivity index (χ4v) is 2.95. The van der Waals surface area contributed by atoms with Gasteiger partial charge in [0.2, 0.25) is 0 Å². The zero-order valence-electron chi connectivity index (χ0n) is 11.8. The summed E-state index contributed by atoms with van der Waals surface area (Å²) in [5, 5.41) is 14.7. The van der Waals surface area contributed by atoms with Gasteiger partial charge in [0.25, 0.3) is 5.91 Å². The molecular formula is C18H14N2O2. The molecule has 22 heavy (non-hydrogen) atoms. The molecule has 1 aliphatic rings. The largest absolute Gasteiger partial charge is 0.375 e.